The molecule has 0 amide bonds. The lowest BCUT2D eigenvalue weighted by Crippen LogP contribution is -2.17. The maximum atomic E-state index is 13.0. The molecule has 0 spiro atoms. The van der Waals surface area contributed by atoms with E-state index in [4.69, 9.17) is 9.26 Å². The van der Waals surface area contributed by atoms with Gasteiger partial charge in [-0.15, -0.1) is 0 Å². The highest BCUT2D eigenvalue weighted by Crippen LogP contribution is 2.53. The third-order valence-corrected chi connectivity index (χ3v) is 5.12. The van der Waals surface area contributed by atoms with Crippen LogP contribution in [0.25, 0.3) is 0 Å². The first kappa shape index (κ1) is 19.4. The van der Waals surface area contributed by atoms with Crippen LogP contribution in [-0.2, 0) is 4.52 Å². The Morgan fingerprint density at radius 3 is 2.28 bits per heavy atom. The maximum Gasteiger partial charge on any atom is 0.434 e. The van der Waals surface area contributed by atoms with E-state index in [1.54, 1.807) is 12.1 Å². The Morgan fingerprint density at radius 1 is 1.08 bits per heavy atom. The quantitative estimate of drug-likeness (QED) is 0.517. The molecular formula is C18H18F3O3P. The molecule has 0 aliphatic rings. The Hall–Kier alpha value is -1.91. The Kier molecular flexibility index (Phi) is 6.57. The largest absolute Gasteiger partial charge is 0.485 e. The van der Waals surface area contributed by atoms with Crippen molar-refractivity contribution in [1.82, 2.24) is 0 Å². The molecule has 134 valence electrons. The SMILES string of the molecule is CCOP(c1ccc(OCC(=O)c2ccccc2C)cc1)C(F)(F)F. The van der Waals surface area contributed by atoms with Crippen LogP contribution in [0.4, 0.5) is 13.2 Å². The Morgan fingerprint density at radius 2 is 1.72 bits per heavy atom. The molecule has 2 aromatic rings. The fourth-order valence-electron chi connectivity index (χ4n) is 2.21. The highest BCUT2D eigenvalue weighted by atomic mass is 31.1. The normalized spacial score (nSPS) is 12.7. The third-order valence-electron chi connectivity index (χ3n) is 3.38. The molecule has 3 nitrogen and oxygen atoms in total. The van der Waals surface area contributed by atoms with E-state index in [2.05, 4.69) is 0 Å². The van der Waals surface area contributed by atoms with E-state index in [0.717, 1.165) is 5.56 Å². The van der Waals surface area contributed by atoms with Gasteiger partial charge in [0.1, 0.15) is 5.75 Å². The van der Waals surface area contributed by atoms with Crippen LogP contribution in [0.3, 0.4) is 0 Å². The minimum absolute atomic E-state index is 0.0195. The summed E-state index contributed by atoms with van der Waals surface area (Å²) in [5, 5.41) is 0.0573. The molecule has 0 radical (unpaired) electrons. The smallest absolute Gasteiger partial charge is 0.434 e. The minimum Gasteiger partial charge on any atom is -0.485 e. The summed E-state index contributed by atoms with van der Waals surface area (Å²) in [6.45, 7) is 3.16. The van der Waals surface area contributed by atoms with Gasteiger partial charge in [-0.25, -0.2) is 0 Å². The molecule has 1 atom stereocenters. The van der Waals surface area contributed by atoms with Crippen LogP contribution in [0.2, 0.25) is 0 Å². The van der Waals surface area contributed by atoms with Crippen molar-refractivity contribution < 1.29 is 27.2 Å². The summed E-state index contributed by atoms with van der Waals surface area (Å²) in [6.07, 6.45) is 0. The molecule has 2 aromatic carbocycles. The number of ketones is 1. The molecule has 0 N–H and O–H groups in total. The van der Waals surface area contributed by atoms with Gasteiger partial charge >= 0.3 is 5.92 Å². The van der Waals surface area contributed by atoms with Gasteiger partial charge in [-0.05, 0) is 43.7 Å². The van der Waals surface area contributed by atoms with Crippen molar-refractivity contribution >= 4 is 19.2 Å². The topological polar surface area (TPSA) is 35.5 Å². The van der Waals surface area contributed by atoms with Crippen molar-refractivity contribution in [2.24, 2.45) is 0 Å². The average Bonchev–Trinajstić information content (AvgIpc) is 2.57. The van der Waals surface area contributed by atoms with Crippen LogP contribution < -0.4 is 10.0 Å². The third kappa shape index (κ3) is 5.28. The first-order valence-corrected chi connectivity index (χ1v) is 8.90. The molecule has 0 aliphatic carbocycles. The van der Waals surface area contributed by atoms with E-state index in [1.807, 2.05) is 19.1 Å². The number of aryl methyl sites for hydroxylation is 1. The van der Waals surface area contributed by atoms with E-state index in [-0.39, 0.29) is 24.3 Å². The number of Topliss-reactive ketones (excluding diaryl/α,β-unsaturated/α-hetero) is 1. The number of carbonyl (C=O) groups is 1. The molecule has 0 aromatic heterocycles. The van der Waals surface area contributed by atoms with Gasteiger partial charge in [-0.1, -0.05) is 24.3 Å². The lowest BCUT2D eigenvalue weighted by atomic mass is 10.1. The van der Waals surface area contributed by atoms with Crippen molar-refractivity contribution in [2.75, 3.05) is 13.2 Å². The van der Waals surface area contributed by atoms with Crippen LogP contribution in [0.15, 0.2) is 48.5 Å². The summed E-state index contributed by atoms with van der Waals surface area (Å²) < 4.78 is 49.2. The van der Waals surface area contributed by atoms with E-state index in [1.165, 1.54) is 31.2 Å². The number of carbonyl (C=O) groups excluding carboxylic acids is 1. The molecule has 0 fully saturated rings. The standard InChI is InChI=1S/C18H18F3O3P/c1-3-24-25(18(19,20)21)15-10-8-14(9-11-15)23-12-17(22)16-7-5-4-6-13(16)2/h4-11H,3,12H2,1-2H3. The number of ether oxygens (including phenoxy) is 1. The van der Waals surface area contributed by atoms with E-state index >= 15 is 0 Å². The molecule has 0 saturated carbocycles. The van der Waals surface area contributed by atoms with Gasteiger partial charge in [-0.2, -0.15) is 13.2 Å². The van der Waals surface area contributed by atoms with Gasteiger partial charge in [0.25, 0.3) is 0 Å². The monoisotopic (exact) mass is 370 g/mol. The second-order valence-electron chi connectivity index (χ2n) is 5.20. The average molecular weight is 370 g/mol. The van der Waals surface area contributed by atoms with Gasteiger partial charge in [0.2, 0.25) is 0 Å². The van der Waals surface area contributed by atoms with Crippen LogP contribution in [-0.4, -0.2) is 24.9 Å². The first-order valence-electron chi connectivity index (χ1n) is 7.64. The number of halogens is 3. The Bertz CT molecular complexity index is 714. The van der Waals surface area contributed by atoms with Crippen molar-refractivity contribution in [3.05, 3.63) is 59.7 Å². The molecule has 0 aliphatic heterocycles. The first-order chi connectivity index (χ1) is 11.8. The van der Waals surface area contributed by atoms with Crippen LogP contribution in [0.5, 0.6) is 5.75 Å². The van der Waals surface area contributed by atoms with Crippen molar-refractivity contribution in [3.63, 3.8) is 0 Å². The Labute approximate surface area is 145 Å². The van der Waals surface area contributed by atoms with E-state index in [0.29, 0.717) is 11.3 Å². The molecule has 7 heteroatoms. The lowest BCUT2D eigenvalue weighted by Gasteiger charge is -2.19. The molecule has 2 rings (SSSR count). The molecule has 25 heavy (non-hydrogen) atoms. The van der Waals surface area contributed by atoms with Gasteiger partial charge < -0.3 is 9.26 Å². The van der Waals surface area contributed by atoms with Crippen molar-refractivity contribution in [2.45, 2.75) is 19.8 Å². The zero-order chi connectivity index (χ0) is 18.4. The number of alkyl halides is 3. The number of hydrogen-bond donors (Lipinski definition) is 0. The zero-order valence-corrected chi connectivity index (χ0v) is 14.7. The molecule has 0 heterocycles. The predicted octanol–water partition coefficient (Wildman–Crippen LogP) is 4.84. The fraction of sp³-hybridized carbons (Fsp3) is 0.278. The number of rotatable bonds is 7. The van der Waals surface area contributed by atoms with Crippen molar-refractivity contribution in [3.8, 4) is 5.75 Å². The zero-order valence-electron chi connectivity index (χ0n) is 13.8. The molecule has 0 bridgehead atoms. The van der Waals surface area contributed by atoms with Gasteiger partial charge in [-0.3, -0.25) is 4.79 Å². The van der Waals surface area contributed by atoms with Gasteiger partial charge in [0.05, 0.1) is 0 Å². The molecule has 1 unspecified atom stereocenters. The summed E-state index contributed by atoms with van der Waals surface area (Å²) >= 11 is 0. The summed E-state index contributed by atoms with van der Waals surface area (Å²) in [6, 6.07) is 12.6. The number of hydrogen-bond acceptors (Lipinski definition) is 3. The van der Waals surface area contributed by atoms with Crippen LogP contribution in [0, 0.1) is 6.92 Å². The van der Waals surface area contributed by atoms with E-state index < -0.39 is 14.1 Å². The Balaban J connectivity index is 2.03. The summed E-state index contributed by atoms with van der Waals surface area (Å²) in [5.74, 6) is -4.28. The highest BCUT2D eigenvalue weighted by molar-refractivity contribution is 7.61. The van der Waals surface area contributed by atoms with Gasteiger partial charge in [0, 0.05) is 17.5 Å². The van der Waals surface area contributed by atoms with Crippen LogP contribution in [0.1, 0.15) is 22.8 Å². The second-order valence-corrected chi connectivity index (χ2v) is 7.07. The maximum absolute atomic E-state index is 13.0. The number of benzene rings is 2. The molecular weight excluding hydrogens is 352 g/mol. The summed E-state index contributed by atoms with van der Waals surface area (Å²) in [4.78, 5) is 12.1. The van der Waals surface area contributed by atoms with Crippen molar-refractivity contribution in [1.29, 1.82) is 0 Å². The fourth-order valence-corrected chi connectivity index (χ4v) is 3.48. The van der Waals surface area contributed by atoms with E-state index in [9.17, 15) is 18.0 Å². The highest BCUT2D eigenvalue weighted by Gasteiger charge is 2.42. The summed E-state index contributed by atoms with van der Waals surface area (Å²) in [7, 11) is -2.69. The van der Waals surface area contributed by atoms with Crippen LogP contribution >= 0.6 is 8.15 Å². The van der Waals surface area contributed by atoms with Gasteiger partial charge in [0.15, 0.2) is 20.5 Å². The second kappa shape index (κ2) is 8.45. The minimum atomic E-state index is -4.42. The molecule has 0 saturated heterocycles. The summed E-state index contributed by atoms with van der Waals surface area (Å²) in [5.41, 5.74) is 1.41. The lowest BCUT2D eigenvalue weighted by molar-refractivity contribution is -0.0480. The predicted molar refractivity (Wildman–Crippen MR) is 91.7 cm³/mol.